The molecule has 0 amide bonds. The summed E-state index contributed by atoms with van der Waals surface area (Å²) in [4.78, 5) is 16.7. The van der Waals surface area contributed by atoms with Gasteiger partial charge in [-0.25, -0.2) is 0 Å². The molecule has 0 spiro atoms. The van der Waals surface area contributed by atoms with Crippen LogP contribution in [0.25, 0.3) is 21.9 Å². The Balaban J connectivity index is 2.25. The van der Waals surface area contributed by atoms with Gasteiger partial charge in [0.05, 0.1) is 19.6 Å². The van der Waals surface area contributed by atoms with Crippen molar-refractivity contribution in [1.82, 2.24) is 9.55 Å². The molecule has 6 nitrogen and oxygen atoms in total. The molecule has 3 aromatic rings. The largest absolute Gasteiger partial charge is 0.496 e. The normalized spacial score (nSPS) is 14.7. The second-order valence-corrected chi connectivity index (χ2v) is 12.6. The van der Waals surface area contributed by atoms with Gasteiger partial charge >= 0.3 is 0 Å². The first-order valence-corrected chi connectivity index (χ1v) is 12.3. The van der Waals surface area contributed by atoms with E-state index in [4.69, 9.17) is 13.7 Å². The Hall–Kier alpha value is -2.67. The summed E-state index contributed by atoms with van der Waals surface area (Å²) in [7, 11) is 3.59. The van der Waals surface area contributed by atoms with Gasteiger partial charge in [-0.3, -0.25) is 9.78 Å². The number of benzene rings is 1. The maximum Gasteiger partial charge on any atom is 0.259 e. The van der Waals surface area contributed by atoms with E-state index in [9.17, 15) is 4.79 Å². The molecular formula is C24H32N2O4S. The van der Waals surface area contributed by atoms with Crippen molar-refractivity contribution in [1.29, 1.82) is 0 Å². The van der Waals surface area contributed by atoms with E-state index in [0.29, 0.717) is 22.6 Å². The molecule has 0 saturated heterocycles. The van der Waals surface area contributed by atoms with E-state index in [1.807, 2.05) is 24.4 Å². The second kappa shape index (κ2) is 8.46. The van der Waals surface area contributed by atoms with E-state index in [2.05, 4.69) is 38.9 Å². The third-order valence-corrected chi connectivity index (χ3v) is 10.1. The number of methoxy groups -OCH3 is 2. The average Bonchev–Trinajstić information content (AvgIpc) is 2.75. The third kappa shape index (κ3) is 4.11. The molecule has 2 heterocycles. The molecule has 0 N–H and O–H groups in total. The van der Waals surface area contributed by atoms with Crippen molar-refractivity contribution in [2.75, 3.05) is 26.2 Å². The summed E-state index contributed by atoms with van der Waals surface area (Å²) in [5.41, 5.74) is 1.59. The molecule has 0 aliphatic carbocycles. The number of nitrogens with zero attached hydrogens (tertiary/aromatic N) is 2. The van der Waals surface area contributed by atoms with Gasteiger partial charge in [0, 0.05) is 53.3 Å². The lowest BCUT2D eigenvalue weighted by Crippen LogP contribution is -2.29. The number of hydrogen-bond acceptors (Lipinski definition) is 5. The van der Waals surface area contributed by atoms with Gasteiger partial charge in [-0.2, -0.15) is 0 Å². The summed E-state index contributed by atoms with van der Waals surface area (Å²) in [5, 5.41) is 1.37. The highest BCUT2D eigenvalue weighted by Gasteiger charge is 2.34. The fraction of sp³-hybridized carbons (Fsp3) is 0.417. The van der Waals surface area contributed by atoms with Crippen molar-refractivity contribution in [3.8, 4) is 28.4 Å². The maximum atomic E-state index is 12.6. The Labute approximate surface area is 185 Å². The van der Waals surface area contributed by atoms with Crippen LogP contribution in [0.1, 0.15) is 27.7 Å². The van der Waals surface area contributed by atoms with E-state index < -0.39 is 10.3 Å². The zero-order valence-corrected chi connectivity index (χ0v) is 20.4. The molecule has 1 atom stereocenters. The van der Waals surface area contributed by atoms with Crippen LogP contribution in [0.15, 0.2) is 41.6 Å². The molecule has 0 fully saturated rings. The van der Waals surface area contributed by atoms with Gasteiger partial charge in [0.15, 0.2) is 11.5 Å². The first-order chi connectivity index (χ1) is 14.6. The number of rotatable bonds is 6. The number of pyridine rings is 2. The number of aromatic nitrogens is 2. The lowest BCUT2D eigenvalue weighted by Gasteiger charge is -2.46. The molecule has 0 radical (unpaired) electrons. The smallest absolute Gasteiger partial charge is 0.259 e. The molecule has 3 rings (SSSR count). The van der Waals surface area contributed by atoms with Gasteiger partial charge in [-0.05, 0) is 44.5 Å². The van der Waals surface area contributed by atoms with Crippen molar-refractivity contribution in [2.45, 2.75) is 32.4 Å². The minimum Gasteiger partial charge on any atom is -0.496 e. The molecule has 168 valence electrons. The fourth-order valence-electron chi connectivity index (χ4n) is 3.49. The molecule has 0 aliphatic rings. The lowest BCUT2D eigenvalue weighted by atomic mass is 10.0. The Morgan fingerprint density at radius 1 is 1.03 bits per heavy atom. The summed E-state index contributed by atoms with van der Waals surface area (Å²) in [5.74, 6) is 2.86. The van der Waals surface area contributed by atoms with E-state index >= 15 is 0 Å². The highest BCUT2D eigenvalue weighted by Crippen LogP contribution is 2.58. The van der Waals surface area contributed by atoms with Crippen LogP contribution in [0.4, 0.5) is 0 Å². The molecule has 0 bridgehead atoms. The number of fused-ring (bicyclic) bond motifs is 1. The van der Waals surface area contributed by atoms with Crippen LogP contribution in [0.3, 0.4) is 0 Å². The van der Waals surface area contributed by atoms with E-state index in [1.165, 1.54) is 0 Å². The predicted molar refractivity (Wildman–Crippen MR) is 130 cm³/mol. The minimum absolute atomic E-state index is 0.000417. The van der Waals surface area contributed by atoms with Gasteiger partial charge in [0.2, 0.25) is 0 Å². The minimum atomic E-state index is -1.42. The van der Waals surface area contributed by atoms with Gasteiger partial charge < -0.3 is 18.2 Å². The van der Waals surface area contributed by atoms with Crippen LogP contribution >= 0.6 is 10.3 Å². The number of aryl methyl sites for hydroxylation is 1. The van der Waals surface area contributed by atoms with Crippen LogP contribution in [0.2, 0.25) is 0 Å². The van der Waals surface area contributed by atoms with Crippen molar-refractivity contribution in [2.24, 2.45) is 7.05 Å². The topological polar surface area (TPSA) is 62.6 Å². The molecule has 0 saturated carbocycles. The molecule has 31 heavy (non-hydrogen) atoms. The summed E-state index contributed by atoms with van der Waals surface area (Å²) < 4.78 is 19.7. The van der Waals surface area contributed by atoms with Crippen LogP contribution < -0.4 is 19.2 Å². The zero-order valence-electron chi connectivity index (χ0n) is 19.6. The van der Waals surface area contributed by atoms with Crippen molar-refractivity contribution in [3.63, 3.8) is 0 Å². The highest BCUT2D eigenvalue weighted by atomic mass is 32.3. The van der Waals surface area contributed by atoms with E-state index in [1.54, 1.807) is 38.2 Å². The standard InChI is InChI=1S/C24H32N2O4S/c1-9-31(8,24(2,3)4)30-22-13-20(28-6)17(12-21(22)29-7)19-15-26(5)23(27)18-14-25-11-10-16(18)19/h10-15H,9H2,1-8H3. The third-order valence-electron chi connectivity index (χ3n) is 5.88. The maximum absolute atomic E-state index is 12.6. The van der Waals surface area contributed by atoms with Crippen LogP contribution in [0, 0.1) is 0 Å². The van der Waals surface area contributed by atoms with Crippen LogP contribution in [0.5, 0.6) is 17.2 Å². The summed E-state index contributed by atoms with van der Waals surface area (Å²) >= 11 is 0. The van der Waals surface area contributed by atoms with E-state index in [0.717, 1.165) is 22.3 Å². The van der Waals surface area contributed by atoms with Crippen LogP contribution in [-0.4, -0.2) is 40.5 Å². The van der Waals surface area contributed by atoms with Crippen molar-refractivity contribution >= 4 is 21.1 Å². The molecule has 0 aliphatic heterocycles. The Morgan fingerprint density at radius 3 is 2.29 bits per heavy atom. The first kappa shape index (κ1) is 23.0. The second-order valence-electron chi connectivity index (χ2n) is 8.57. The van der Waals surface area contributed by atoms with Gasteiger partial charge in [0.25, 0.3) is 5.56 Å². The molecule has 1 aromatic carbocycles. The number of hydrogen-bond donors (Lipinski definition) is 0. The monoisotopic (exact) mass is 444 g/mol. The quantitative estimate of drug-likeness (QED) is 0.525. The highest BCUT2D eigenvalue weighted by molar-refractivity contribution is 8.30. The first-order valence-electron chi connectivity index (χ1n) is 10.2. The number of ether oxygens (including phenoxy) is 2. The Morgan fingerprint density at radius 2 is 1.71 bits per heavy atom. The Kier molecular flexibility index (Phi) is 6.28. The van der Waals surface area contributed by atoms with Crippen LogP contribution in [-0.2, 0) is 7.05 Å². The van der Waals surface area contributed by atoms with Gasteiger partial charge in [0.1, 0.15) is 5.75 Å². The Bertz CT molecular complexity index is 1170. The average molecular weight is 445 g/mol. The predicted octanol–water partition coefficient (Wildman–Crippen LogP) is 5.16. The molecule has 7 heteroatoms. The van der Waals surface area contributed by atoms with Gasteiger partial charge in [-0.1, -0.05) is 17.2 Å². The van der Waals surface area contributed by atoms with Gasteiger partial charge in [-0.15, -0.1) is 0 Å². The fourth-order valence-corrected chi connectivity index (χ4v) is 5.25. The van der Waals surface area contributed by atoms with E-state index in [-0.39, 0.29) is 10.3 Å². The zero-order chi connectivity index (χ0) is 23.0. The summed E-state index contributed by atoms with van der Waals surface area (Å²) in [6.45, 7) is 8.76. The summed E-state index contributed by atoms with van der Waals surface area (Å²) in [6, 6.07) is 5.66. The SMILES string of the molecule is CCS(C)(Oc1cc(OC)c(-c2cn(C)c(=O)c3cnccc23)cc1OC)C(C)(C)C. The molecular weight excluding hydrogens is 412 g/mol. The van der Waals surface area contributed by atoms with Crippen molar-refractivity contribution < 1.29 is 13.7 Å². The molecule has 1 unspecified atom stereocenters. The van der Waals surface area contributed by atoms with Crippen molar-refractivity contribution in [3.05, 3.63) is 47.1 Å². The summed E-state index contributed by atoms with van der Waals surface area (Å²) in [6.07, 6.45) is 7.30. The molecule has 2 aromatic heterocycles. The lowest BCUT2D eigenvalue weighted by molar-refractivity contribution is 0.388.